The molecule has 2 aromatic rings. The molecule has 2 aliphatic heterocycles. The molecular formula is C19H26N6O3S. The average molecular weight is 419 g/mol. The minimum atomic E-state index is -3.63. The zero-order valence-corrected chi connectivity index (χ0v) is 17.2. The van der Waals surface area contributed by atoms with Gasteiger partial charge >= 0.3 is 0 Å². The summed E-state index contributed by atoms with van der Waals surface area (Å²) < 4.78 is 30.9. The van der Waals surface area contributed by atoms with E-state index < -0.39 is 10.0 Å². The number of aromatic nitrogens is 4. The molecule has 0 spiro atoms. The third-order valence-corrected chi connectivity index (χ3v) is 7.95. The maximum Gasteiger partial charge on any atom is 0.269 e. The fourth-order valence-corrected chi connectivity index (χ4v) is 5.53. The Morgan fingerprint density at radius 2 is 1.86 bits per heavy atom. The van der Waals surface area contributed by atoms with Gasteiger partial charge in [-0.3, -0.25) is 9.48 Å². The molecule has 0 unspecified atom stereocenters. The fourth-order valence-electron chi connectivity index (χ4n) is 4.06. The van der Waals surface area contributed by atoms with Gasteiger partial charge < -0.3 is 4.90 Å². The molecule has 2 aromatic heterocycles. The van der Waals surface area contributed by atoms with E-state index in [1.54, 1.807) is 23.1 Å². The highest BCUT2D eigenvalue weighted by molar-refractivity contribution is 7.89. The van der Waals surface area contributed by atoms with Crippen LogP contribution < -0.4 is 10.5 Å². The quantitative estimate of drug-likeness (QED) is 0.697. The van der Waals surface area contributed by atoms with E-state index in [4.69, 9.17) is 0 Å². The summed E-state index contributed by atoms with van der Waals surface area (Å²) in [6, 6.07) is 1.36. The number of nitrogens with zero attached hydrogens (tertiary/aromatic N) is 6. The molecule has 1 saturated carbocycles. The zero-order chi connectivity index (χ0) is 20.0. The van der Waals surface area contributed by atoms with Gasteiger partial charge in [-0.25, -0.2) is 13.1 Å². The van der Waals surface area contributed by atoms with Crippen molar-refractivity contribution < 1.29 is 8.42 Å². The van der Waals surface area contributed by atoms with Crippen molar-refractivity contribution in [2.45, 2.75) is 49.6 Å². The van der Waals surface area contributed by atoms with Crippen LogP contribution in [0.4, 0.5) is 5.69 Å². The molecule has 5 rings (SSSR count). The molecule has 0 radical (unpaired) electrons. The fraction of sp³-hybridized carbons (Fsp3) is 0.632. The molecule has 9 nitrogen and oxygen atoms in total. The molecule has 0 aromatic carbocycles. The van der Waals surface area contributed by atoms with Gasteiger partial charge in [-0.15, -0.1) is 0 Å². The Kier molecular flexibility index (Phi) is 4.70. The van der Waals surface area contributed by atoms with Crippen molar-refractivity contribution in [1.82, 2.24) is 23.9 Å². The summed E-state index contributed by atoms with van der Waals surface area (Å²) in [6.45, 7) is 3.39. The van der Waals surface area contributed by atoms with Crippen LogP contribution in [-0.2, 0) is 16.6 Å². The van der Waals surface area contributed by atoms with Gasteiger partial charge in [0.15, 0.2) is 0 Å². The molecule has 3 aliphatic rings. The van der Waals surface area contributed by atoms with Crippen LogP contribution in [0.15, 0.2) is 34.3 Å². The average Bonchev–Trinajstić information content (AvgIpc) is 3.34. The van der Waals surface area contributed by atoms with E-state index in [1.165, 1.54) is 28.0 Å². The van der Waals surface area contributed by atoms with Crippen molar-refractivity contribution in [2.24, 2.45) is 5.92 Å². The van der Waals surface area contributed by atoms with Crippen molar-refractivity contribution in [3.8, 4) is 0 Å². The maximum atomic E-state index is 13.1. The van der Waals surface area contributed by atoms with Gasteiger partial charge in [-0.1, -0.05) is 0 Å². The minimum absolute atomic E-state index is 0.170. The lowest BCUT2D eigenvalue weighted by Gasteiger charge is -2.34. The second kappa shape index (κ2) is 7.24. The van der Waals surface area contributed by atoms with E-state index in [1.807, 2.05) is 0 Å². The minimum Gasteiger partial charge on any atom is -0.370 e. The second-order valence-electron chi connectivity index (χ2n) is 8.34. The molecule has 3 fully saturated rings. The van der Waals surface area contributed by atoms with Crippen molar-refractivity contribution in [3.63, 3.8) is 0 Å². The molecule has 4 heterocycles. The van der Waals surface area contributed by atoms with E-state index in [2.05, 4.69) is 15.1 Å². The molecule has 0 amide bonds. The van der Waals surface area contributed by atoms with Crippen LogP contribution in [0.2, 0.25) is 0 Å². The molecule has 29 heavy (non-hydrogen) atoms. The summed E-state index contributed by atoms with van der Waals surface area (Å²) in [4.78, 5) is 15.0. The van der Waals surface area contributed by atoms with Crippen LogP contribution in [0.25, 0.3) is 0 Å². The molecule has 156 valence electrons. The SMILES string of the molecule is O=c1cc(N2CCC2)cnn1[C@H]1CCCN(S(=O)(=O)c2cnn(CC3CC3)c2)C1. The standard InChI is InChI=1S/C19H26N6O3S/c26-19-9-17(22-6-2-7-22)10-21-25(19)16-3-1-8-24(13-16)29(27,28)18-11-20-23(14-18)12-15-4-5-15/h9-11,14-16H,1-8,12-13H2/t16-/m0/s1. The van der Waals surface area contributed by atoms with Gasteiger partial charge in [-0.2, -0.15) is 14.5 Å². The first-order chi connectivity index (χ1) is 14.0. The lowest BCUT2D eigenvalue weighted by atomic mass is 10.1. The van der Waals surface area contributed by atoms with Crippen molar-refractivity contribution in [1.29, 1.82) is 0 Å². The van der Waals surface area contributed by atoms with E-state index in [-0.39, 0.29) is 23.0 Å². The van der Waals surface area contributed by atoms with E-state index in [0.29, 0.717) is 18.9 Å². The Hall–Kier alpha value is -2.20. The molecule has 1 aliphatic carbocycles. The number of hydrogen-bond donors (Lipinski definition) is 0. The van der Waals surface area contributed by atoms with Crippen LogP contribution in [0.3, 0.4) is 0 Å². The third kappa shape index (κ3) is 3.71. The highest BCUT2D eigenvalue weighted by Gasteiger charge is 2.33. The third-order valence-electron chi connectivity index (χ3n) is 6.13. The van der Waals surface area contributed by atoms with Gasteiger partial charge in [0.05, 0.1) is 24.1 Å². The topological polar surface area (TPSA) is 93.3 Å². The summed E-state index contributed by atoms with van der Waals surface area (Å²) in [6.07, 6.45) is 9.73. The highest BCUT2D eigenvalue weighted by atomic mass is 32.2. The van der Waals surface area contributed by atoms with Crippen molar-refractivity contribution in [2.75, 3.05) is 31.1 Å². The van der Waals surface area contributed by atoms with Gasteiger partial charge in [-0.05, 0) is 38.0 Å². The summed E-state index contributed by atoms with van der Waals surface area (Å²) in [5.74, 6) is 0.627. The molecule has 0 bridgehead atoms. The predicted octanol–water partition coefficient (Wildman–Crippen LogP) is 1.09. The largest absolute Gasteiger partial charge is 0.370 e. The van der Waals surface area contributed by atoms with Gasteiger partial charge in [0, 0.05) is 45.0 Å². The monoisotopic (exact) mass is 418 g/mol. The summed E-state index contributed by atoms with van der Waals surface area (Å²) >= 11 is 0. The second-order valence-corrected chi connectivity index (χ2v) is 10.3. The number of hydrogen-bond acceptors (Lipinski definition) is 6. The predicted molar refractivity (Wildman–Crippen MR) is 107 cm³/mol. The lowest BCUT2D eigenvalue weighted by Crippen LogP contribution is -2.44. The summed E-state index contributed by atoms with van der Waals surface area (Å²) in [7, 11) is -3.63. The zero-order valence-electron chi connectivity index (χ0n) is 16.4. The number of sulfonamides is 1. The number of rotatable bonds is 6. The van der Waals surface area contributed by atoms with Gasteiger partial charge in [0.25, 0.3) is 5.56 Å². The Balaban J connectivity index is 1.33. The number of piperidine rings is 1. The van der Waals surface area contributed by atoms with Crippen LogP contribution >= 0.6 is 0 Å². The van der Waals surface area contributed by atoms with Gasteiger partial charge in [0.1, 0.15) is 4.90 Å². The Morgan fingerprint density at radius 3 is 2.55 bits per heavy atom. The lowest BCUT2D eigenvalue weighted by molar-refractivity contribution is 0.247. The van der Waals surface area contributed by atoms with Crippen molar-refractivity contribution >= 4 is 15.7 Å². The van der Waals surface area contributed by atoms with Crippen LogP contribution in [-0.4, -0.2) is 58.5 Å². The smallest absolute Gasteiger partial charge is 0.269 e. The Bertz CT molecular complexity index is 1050. The first kappa shape index (κ1) is 18.8. The normalized spacial score (nSPS) is 23.2. The van der Waals surface area contributed by atoms with Crippen LogP contribution in [0.5, 0.6) is 0 Å². The van der Waals surface area contributed by atoms with Crippen molar-refractivity contribution in [3.05, 3.63) is 35.0 Å². The van der Waals surface area contributed by atoms with E-state index >= 15 is 0 Å². The maximum absolute atomic E-state index is 13.1. The molecule has 10 heteroatoms. The Morgan fingerprint density at radius 1 is 1.03 bits per heavy atom. The summed E-state index contributed by atoms with van der Waals surface area (Å²) in [5.41, 5.74) is 0.678. The molecular weight excluding hydrogens is 392 g/mol. The number of anilines is 1. The molecule has 1 atom stereocenters. The van der Waals surface area contributed by atoms with Gasteiger partial charge in [0.2, 0.25) is 10.0 Å². The summed E-state index contributed by atoms with van der Waals surface area (Å²) in [5, 5.41) is 8.59. The van der Waals surface area contributed by atoms with Crippen LogP contribution in [0, 0.1) is 5.92 Å². The molecule has 0 N–H and O–H groups in total. The first-order valence-corrected chi connectivity index (χ1v) is 11.8. The van der Waals surface area contributed by atoms with E-state index in [9.17, 15) is 13.2 Å². The van der Waals surface area contributed by atoms with Crippen LogP contribution in [0.1, 0.15) is 38.1 Å². The highest BCUT2D eigenvalue weighted by Crippen LogP contribution is 2.31. The van der Waals surface area contributed by atoms with E-state index in [0.717, 1.165) is 38.2 Å². The molecule has 2 saturated heterocycles. The Labute approximate surface area is 170 Å². The first-order valence-electron chi connectivity index (χ1n) is 10.4.